The Bertz CT molecular complexity index is 857. The topological polar surface area (TPSA) is 89.3 Å². The first-order chi connectivity index (χ1) is 12.6. The highest BCUT2D eigenvalue weighted by molar-refractivity contribution is 7.88. The van der Waals surface area contributed by atoms with Crippen LogP contribution in [-0.4, -0.2) is 14.3 Å². The molecule has 0 aliphatic carbocycles. The lowest BCUT2D eigenvalue weighted by Crippen LogP contribution is -2.27. The summed E-state index contributed by atoms with van der Waals surface area (Å²) in [6.45, 7) is 6.66. The van der Waals surface area contributed by atoms with Crippen LogP contribution in [0.15, 0.2) is 48.5 Å². The lowest BCUT2D eigenvalue weighted by molar-refractivity contribution is -0.122. The van der Waals surface area contributed by atoms with Gasteiger partial charge in [0.25, 0.3) is 0 Å². The Morgan fingerprint density at radius 1 is 0.926 bits per heavy atom. The van der Waals surface area contributed by atoms with Crippen LogP contribution in [-0.2, 0) is 33.5 Å². The van der Waals surface area contributed by atoms with Crippen LogP contribution in [0.3, 0.4) is 0 Å². The predicted molar refractivity (Wildman–Crippen MR) is 108 cm³/mol. The van der Waals surface area contributed by atoms with Crippen LogP contribution < -0.4 is 10.5 Å². The number of carbonyl (C=O) groups excluding carboxylic acids is 1. The van der Waals surface area contributed by atoms with E-state index in [1.807, 2.05) is 19.1 Å². The maximum absolute atomic E-state index is 12.4. The van der Waals surface area contributed by atoms with E-state index in [0.717, 1.165) is 17.5 Å². The molecule has 0 heterocycles. The smallest absolute Gasteiger partial charge is 0.227 e. The van der Waals surface area contributed by atoms with E-state index in [4.69, 9.17) is 5.14 Å². The molecule has 3 N–H and O–H groups in total. The highest BCUT2D eigenvalue weighted by atomic mass is 32.2. The van der Waals surface area contributed by atoms with E-state index < -0.39 is 10.0 Å². The zero-order valence-electron chi connectivity index (χ0n) is 16.1. The van der Waals surface area contributed by atoms with Crippen LogP contribution in [0.4, 0.5) is 0 Å². The largest absolute Gasteiger partial charge is 0.352 e. The van der Waals surface area contributed by atoms with Crippen molar-refractivity contribution in [1.29, 1.82) is 0 Å². The van der Waals surface area contributed by atoms with Gasteiger partial charge in [0.05, 0.1) is 11.7 Å². The minimum atomic E-state index is -3.54. The number of hydrogen-bond acceptors (Lipinski definition) is 3. The Morgan fingerprint density at radius 3 is 1.96 bits per heavy atom. The van der Waals surface area contributed by atoms with Crippen LogP contribution in [0, 0.1) is 5.92 Å². The molecule has 1 atom stereocenters. The molecule has 0 saturated carbocycles. The van der Waals surface area contributed by atoms with Crippen molar-refractivity contribution in [2.45, 2.75) is 45.4 Å². The number of nitrogens with two attached hydrogens (primary N) is 1. The van der Waals surface area contributed by atoms with Gasteiger partial charge >= 0.3 is 0 Å². The zero-order valence-corrected chi connectivity index (χ0v) is 16.9. The second-order valence-corrected chi connectivity index (χ2v) is 9.02. The van der Waals surface area contributed by atoms with Gasteiger partial charge in [0, 0.05) is 6.54 Å². The summed E-state index contributed by atoms with van der Waals surface area (Å²) in [6, 6.07) is 15.2. The van der Waals surface area contributed by atoms with Crippen LogP contribution >= 0.6 is 0 Å². The first-order valence-corrected chi connectivity index (χ1v) is 10.8. The number of primary sulfonamides is 1. The lowest BCUT2D eigenvalue weighted by atomic mass is 9.96. The van der Waals surface area contributed by atoms with E-state index >= 15 is 0 Å². The molecule has 1 amide bonds. The molecule has 5 nitrogen and oxygen atoms in total. The predicted octanol–water partition coefficient (Wildman–Crippen LogP) is 3.09. The third-order valence-electron chi connectivity index (χ3n) is 4.37. The first kappa shape index (κ1) is 21.1. The maximum Gasteiger partial charge on any atom is 0.227 e. The summed E-state index contributed by atoms with van der Waals surface area (Å²) in [7, 11) is -3.54. The van der Waals surface area contributed by atoms with E-state index in [2.05, 4.69) is 31.3 Å². The van der Waals surface area contributed by atoms with Crippen LogP contribution in [0.1, 0.15) is 48.9 Å². The maximum atomic E-state index is 12.4. The third-order valence-corrected chi connectivity index (χ3v) is 5.11. The molecule has 0 spiro atoms. The Balaban J connectivity index is 1.91. The average Bonchev–Trinajstić information content (AvgIpc) is 2.59. The molecule has 0 bridgehead atoms. The fraction of sp³-hybridized carbons (Fsp3) is 0.381. The number of benzene rings is 2. The van der Waals surface area contributed by atoms with Crippen molar-refractivity contribution in [2.75, 3.05) is 0 Å². The highest BCUT2D eigenvalue weighted by Crippen LogP contribution is 2.18. The monoisotopic (exact) mass is 388 g/mol. The van der Waals surface area contributed by atoms with Crippen molar-refractivity contribution in [3.8, 4) is 0 Å². The van der Waals surface area contributed by atoms with Crippen molar-refractivity contribution in [3.05, 3.63) is 70.8 Å². The summed E-state index contributed by atoms with van der Waals surface area (Å²) in [5, 5.41) is 7.97. The van der Waals surface area contributed by atoms with Gasteiger partial charge in [-0.3, -0.25) is 4.79 Å². The van der Waals surface area contributed by atoms with Crippen molar-refractivity contribution in [2.24, 2.45) is 11.1 Å². The fourth-order valence-electron chi connectivity index (χ4n) is 2.89. The molecule has 0 saturated heterocycles. The summed E-state index contributed by atoms with van der Waals surface area (Å²) in [4.78, 5) is 12.4. The van der Waals surface area contributed by atoms with Crippen molar-refractivity contribution >= 4 is 15.9 Å². The van der Waals surface area contributed by atoms with Crippen LogP contribution in [0.2, 0.25) is 0 Å². The lowest BCUT2D eigenvalue weighted by Gasteiger charge is -2.14. The Kier molecular flexibility index (Phi) is 7.16. The second kappa shape index (κ2) is 9.15. The minimum absolute atomic E-state index is 0.0415. The standard InChI is InChI=1S/C21H28N2O3S/c1-15(2)12-17-8-10-20(11-9-17)16(3)21(24)23-13-18-4-6-19(7-5-18)14-27(22,25)26/h4-11,15-16H,12-14H2,1-3H3,(H,23,24)(H2,22,25,26)/t16-/m1/s1. The number of amides is 1. The summed E-state index contributed by atoms with van der Waals surface area (Å²) in [6.07, 6.45) is 1.03. The van der Waals surface area contributed by atoms with Gasteiger partial charge in [0.2, 0.25) is 15.9 Å². The van der Waals surface area contributed by atoms with Gasteiger partial charge < -0.3 is 5.32 Å². The zero-order chi connectivity index (χ0) is 20.0. The average molecular weight is 389 g/mol. The molecule has 0 radical (unpaired) electrons. The molecule has 2 aromatic carbocycles. The summed E-state index contributed by atoms with van der Waals surface area (Å²) >= 11 is 0. The molecule has 146 valence electrons. The van der Waals surface area contributed by atoms with Gasteiger partial charge in [-0.1, -0.05) is 62.4 Å². The Labute approximate surface area is 162 Å². The molecule has 0 unspecified atom stereocenters. The van der Waals surface area contributed by atoms with E-state index in [9.17, 15) is 13.2 Å². The molecule has 2 rings (SSSR count). The number of sulfonamides is 1. The van der Waals surface area contributed by atoms with Gasteiger partial charge in [-0.2, -0.15) is 0 Å². The van der Waals surface area contributed by atoms with Crippen molar-refractivity contribution in [3.63, 3.8) is 0 Å². The molecule has 0 aliphatic heterocycles. The highest BCUT2D eigenvalue weighted by Gasteiger charge is 2.15. The molecule has 0 aliphatic rings. The number of hydrogen-bond donors (Lipinski definition) is 2. The third kappa shape index (κ3) is 7.15. The molecular weight excluding hydrogens is 360 g/mol. The van der Waals surface area contributed by atoms with E-state index in [0.29, 0.717) is 18.0 Å². The molecule has 0 fully saturated rings. The number of nitrogens with one attached hydrogen (secondary N) is 1. The fourth-order valence-corrected chi connectivity index (χ4v) is 3.55. The van der Waals surface area contributed by atoms with E-state index in [-0.39, 0.29) is 17.6 Å². The molecule has 2 aromatic rings. The molecule has 6 heteroatoms. The number of carbonyl (C=O) groups is 1. The minimum Gasteiger partial charge on any atom is -0.352 e. The van der Waals surface area contributed by atoms with Gasteiger partial charge in [0.1, 0.15) is 0 Å². The summed E-state index contributed by atoms with van der Waals surface area (Å²) < 4.78 is 22.2. The first-order valence-electron chi connectivity index (χ1n) is 9.09. The molecular formula is C21H28N2O3S. The quantitative estimate of drug-likeness (QED) is 0.728. The Morgan fingerprint density at radius 2 is 1.44 bits per heavy atom. The summed E-state index contributed by atoms with van der Waals surface area (Å²) in [5.74, 6) is 0.136. The van der Waals surface area contributed by atoms with Crippen molar-refractivity contribution < 1.29 is 13.2 Å². The normalized spacial score (nSPS) is 12.8. The van der Waals surface area contributed by atoms with Gasteiger partial charge in [-0.15, -0.1) is 0 Å². The van der Waals surface area contributed by atoms with Crippen LogP contribution in [0.5, 0.6) is 0 Å². The van der Waals surface area contributed by atoms with Gasteiger partial charge in [-0.25, -0.2) is 13.6 Å². The second-order valence-electron chi connectivity index (χ2n) is 7.40. The van der Waals surface area contributed by atoms with Gasteiger partial charge in [0.15, 0.2) is 0 Å². The van der Waals surface area contributed by atoms with Crippen LogP contribution in [0.25, 0.3) is 0 Å². The van der Waals surface area contributed by atoms with E-state index in [1.165, 1.54) is 5.56 Å². The van der Waals surface area contributed by atoms with E-state index in [1.54, 1.807) is 24.3 Å². The number of rotatable bonds is 8. The summed E-state index contributed by atoms with van der Waals surface area (Å²) in [5.41, 5.74) is 3.80. The van der Waals surface area contributed by atoms with Crippen molar-refractivity contribution in [1.82, 2.24) is 5.32 Å². The molecule has 27 heavy (non-hydrogen) atoms. The Hall–Kier alpha value is -2.18. The van der Waals surface area contributed by atoms with Gasteiger partial charge in [-0.05, 0) is 41.5 Å². The SMILES string of the molecule is CC(C)Cc1ccc([C@@H](C)C(=O)NCc2ccc(CS(N)(=O)=O)cc2)cc1. The molecule has 0 aromatic heterocycles.